The van der Waals surface area contributed by atoms with Gasteiger partial charge in [-0.3, -0.25) is 0 Å². The lowest BCUT2D eigenvalue weighted by atomic mass is 10.1. The van der Waals surface area contributed by atoms with Crippen LogP contribution in [0.4, 0.5) is 0 Å². The molecule has 0 amide bonds. The third-order valence-corrected chi connectivity index (χ3v) is 2.70. The minimum absolute atomic E-state index is 0.495. The molecule has 0 radical (unpaired) electrons. The van der Waals surface area contributed by atoms with E-state index in [0.29, 0.717) is 37.9 Å². The van der Waals surface area contributed by atoms with Crippen LogP contribution < -0.4 is 5.32 Å². The van der Waals surface area contributed by atoms with Gasteiger partial charge in [0.1, 0.15) is 0 Å². The van der Waals surface area contributed by atoms with Crippen LogP contribution in [-0.4, -0.2) is 45.1 Å². The van der Waals surface area contributed by atoms with E-state index in [2.05, 4.69) is 5.32 Å². The topological polar surface area (TPSA) is 50.7 Å². The second-order valence-corrected chi connectivity index (χ2v) is 4.31. The average Bonchev–Trinajstić information content (AvgIpc) is 2.38. The SMILES string of the molecule is COCCOCCNCC(O)c1ccc(Cl)cc1. The maximum atomic E-state index is 9.89. The molecule has 0 saturated carbocycles. The van der Waals surface area contributed by atoms with Gasteiger partial charge < -0.3 is 19.9 Å². The minimum atomic E-state index is -0.527. The maximum Gasteiger partial charge on any atom is 0.0914 e. The zero-order valence-electron chi connectivity index (χ0n) is 10.6. The first-order chi connectivity index (χ1) is 8.74. The Hall–Kier alpha value is -0.650. The van der Waals surface area contributed by atoms with Gasteiger partial charge in [-0.05, 0) is 17.7 Å². The van der Waals surface area contributed by atoms with E-state index in [-0.39, 0.29) is 0 Å². The van der Waals surface area contributed by atoms with Gasteiger partial charge in [0.25, 0.3) is 0 Å². The molecule has 0 aliphatic rings. The Kier molecular flexibility index (Phi) is 7.96. The van der Waals surface area contributed by atoms with E-state index in [1.54, 1.807) is 19.2 Å². The van der Waals surface area contributed by atoms with Crippen molar-refractivity contribution < 1.29 is 14.6 Å². The van der Waals surface area contributed by atoms with Gasteiger partial charge in [0.05, 0.1) is 25.9 Å². The molecule has 5 heteroatoms. The van der Waals surface area contributed by atoms with Crippen molar-refractivity contribution in [3.8, 4) is 0 Å². The number of aliphatic hydroxyl groups is 1. The monoisotopic (exact) mass is 273 g/mol. The zero-order chi connectivity index (χ0) is 13.2. The molecule has 0 bridgehead atoms. The van der Waals surface area contributed by atoms with E-state index < -0.39 is 6.10 Å². The number of ether oxygens (including phenoxy) is 2. The van der Waals surface area contributed by atoms with Gasteiger partial charge in [-0.25, -0.2) is 0 Å². The Morgan fingerprint density at radius 1 is 1.22 bits per heavy atom. The molecule has 0 heterocycles. The molecule has 0 aliphatic carbocycles. The fourth-order valence-electron chi connectivity index (χ4n) is 1.43. The number of nitrogens with one attached hydrogen (secondary N) is 1. The first-order valence-corrected chi connectivity index (χ1v) is 6.32. The van der Waals surface area contributed by atoms with Crippen molar-refractivity contribution in [1.82, 2.24) is 5.32 Å². The normalized spacial score (nSPS) is 12.6. The Morgan fingerprint density at radius 2 is 1.94 bits per heavy atom. The van der Waals surface area contributed by atoms with Crippen LogP contribution in [0.25, 0.3) is 0 Å². The molecule has 1 atom stereocenters. The van der Waals surface area contributed by atoms with E-state index in [1.807, 2.05) is 12.1 Å². The smallest absolute Gasteiger partial charge is 0.0914 e. The fourth-order valence-corrected chi connectivity index (χ4v) is 1.56. The number of aliphatic hydroxyl groups excluding tert-OH is 1. The summed E-state index contributed by atoms with van der Waals surface area (Å²) in [5.41, 5.74) is 0.854. The van der Waals surface area contributed by atoms with Crippen LogP contribution in [0.5, 0.6) is 0 Å². The standard InChI is InChI=1S/C13H20ClNO3/c1-17-8-9-18-7-6-15-10-13(16)11-2-4-12(14)5-3-11/h2-5,13,15-16H,6-10H2,1H3. The van der Waals surface area contributed by atoms with Crippen molar-refractivity contribution in [1.29, 1.82) is 0 Å². The van der Waals surface area contributed by atoms with Gasteiger partial charge >= 0.3 is 0 Å². The molecule has 0 saturated heterocycles. The molecule has 0 spiro atoms. The lowest BCUT2D eigenvalue weighted by Gasteiger charge is -2.12. The summed E-state index contributed by atoms with van der Waals surface area (Å²) in [4.78, 5) is 0. The van der Waals surface area contributed by atoms with Crippen molar-refractivity contribution in [2.45, 2.75) is 6.10 Å². The highest BCUT2D eigenvalue weighted by Gasteiger charge is 2.06. The lowest BCUT2D eigenvalue weighted by molar-refractivity contribution is 0.0703. The third kappa shape index (κ3) is 6.33. The lowest BCUT2D eigenvalue weighted by Crippen LogP contribution is -2.25. The highest BCUT2D eigenvalue weighted by atomic mass is 35.5. The Morgan fingerprint density at radius 3 is 2.61 bits per heavy atom. The van der Waals surface area contributed by atoms with Gasteiger partial charge in [-0.1, -0.05) is 23.7 Å². The highest BCUT2D eigenvalue weighted by Crippen LogP contribution is 2.15. The summed E-state index contributed by atoms with van der Waals surface area (Å²) in [6.45, 7) is 3.01. The predicted molar refractivity (Wildman–Crippen MR) is 72.0 cm³/mol. The molecule has 1 aromatic carbocycles. The first-order valence-electron chi connectivity index (χ1n) is 5.95. The van der Waals surface area contributed by atoms with E-state index >= 15 is 0 Å². The molecule has 4 nitrogen and oxygen atoms in total. The molecule has 0 aliphatic heterocycles. The molecule has 0 aromatic heterocycles. The van der Waals surface area contributed by atoms with Crippen molar-refractivity contribution in [2.75, 3.05) is 40.0 Å². The minimum Gasteiger partial charge on any atom is -0.387 e. The Labute approximate surface area is 113 Å². The molecular weight excluding hydrogens is 254 g/mol. The first kappa shape index (κ1) is 15.4. The van der Waals surface area contributed by atoms with Crippen LogP contribution in [0.15, 0.2) is 24.3 Å². The van der Waals surface area contributed by atoms with Crippen molar-refractivity contribution in [3.63, 3.8) is 0 Å². The fraction of sp³-hybridized carbons (Fsp3) is 0.538. The van der Waals surface area contributed by atoms with Gasteiger partial charge in [0, 0.05) is 25.2 Å². The third-order valence-electron chi connectivity index (χ3n) is 2.45. The number of rotatable bonds is 9. The van der Waals surface area contributed by atoms with Crippen molar-refractivity contribution >= 4 is 11.6 Å². The van der Waals surface area contributed by atoms with Crippen LogP contribution in [0.1, 0.15) is 11.7 Å². The molecule has 2 N–H and O–H groups in total. The van der Waals surface area contributed by atoms with Crippen LogP contribution in [0.3, 0.4) is 0 Å². The number of hydrogen-bond acceptors (Lipinski definition) is 4. The van der Waals surface area contributed by atoms with E-state index in [4.69, 9.17) is 21.1 Å². The summed E-state index contributed by atoms with van der Waals surface area (Å²) in [6, 6.07) is 7.19. The van der Waals surface area contributed by atoms with Crippen LogP contribution in [0, 0.1) is 0 Å². The second-order valence-electron chi connectivity index (χ2n) is 3.88. The molecular formula is C13H20ClNO3. The molecule has 102 valence electrons. The van der Waals surface area contributed by atoms with Crippen LogP contribution in [0.2, 0.25) is 5.02 Å². The van der Waals surface area contributed by atoms with Gasteiger partial charge in [0.2, 0.25) is 0 Å². The molecule has 1 unspecified atom stereocenters. The zero-order valence-corrected chi connectivity index (χ0v) is 11.3. The largest absolute Gasteiger partial charge is 0.387 e. The van der Waals surface area contributed by atoms with Crippen molar-refractivity contribution in [2.24, 2.45) is 0 Å². The Balaban J connectivity index is 2.10. The van der Waals surface area contributed by atoms with E-state index in [9.17, 15) is 5.11 Å². The molecule has 1 aromatic rings. The number of halogens is 1. The van der Waals surface area contributed by atoms with Crippen LogP contribution in [-0.2, 0) is 9.47 Å². The van der Waals surface area contributed by atoms with Gasteiger partial charge in [-0.2, -0.15) is 0 Å². The predicted octanol–water partition coefficient (Wildman–Crippen LogP) is 1.63. The number of benzene rings is 1. The Bertz CT molecular complexity index is 319. The summed E-state index contributed by atoms with van der Waals surface area (Å²) in [6.07, 6.45) is -0.527. The summed E-state index contributed by atoms with van der Waals surface area (Å²) in [5, 5.41) is 13.7. The number of methoxy groups -OCH3 is 1. The van der Waals surface area contributed by atoms with Crippen molar-refractivity contribution in [3.05, 3.63) is 34.9 Å². The van der Waals surface area contributed by atoms with Gasteiger partial charge in [-0.15, -0.1) is 0 Å². The maximum absolute atomic E-state index is 9.89. The molecule has 0 fully saturated rings. The summed E-state index contributed by atoms with van der Waals surface area (Å²) in [7, 11) is 1.64. The number of hydrogen-bond donors (Lipinski definition) is 2. The van der Waals surface area contributed by atoms with Gasteiger partial charge in [0.15, 0.2) is 0 Å². The van der Waals surface area contributed by atoms with E-state index in [0.717, 1.165) is 5.56 Å². The average molecular weight is 274 g/mol. The summed E-state index contributed by atoms with van der Waals surface area (Å²) < 4.78 is 10.1. The quantitative estimate of drug-likeness (QED) is 0.672. The molecule has 18 heavy (non-hydrogen) atoms. The van der Waals surface area contributed by atoms with E-state index in [1.165, 1.54) is 0 Å². The van der Waals surface area contributed by atoms with Crippen LogP contribution >= 0.6 is 11.6 Å². The second kappa shape index (κ2) is 9.30. The summed E-state index contributed by atoms with van der Waals surface area (Å²) >= 11 is 5.78. The molecule has 1 rings (SSSR count). The summed E-state index contributed by atoms with van der Waals surface area (Å²) in [5.74, 6) is 0. The highest BCUT2D eigenvalue weighted by molar-refractivity contribution is 6.30.